The quantitative estimate of drug-likeness (QED) is 0.0582. The Morgan fingerprint density at radius 3 is 2.60 bits per heavy atom. The summed E-state index contributed by atoms with van der Waals surface area (Å²) in [6, 6.07) is 12.8. The Morgan fingerprint density at radius 2 is 1.86 bits per heavy atom. The standard InChI is InChI=1S/C36H50N10O3S/c1-24-10-8-9-18-45(24)34(39)46-23-25(13-16-31(46)38)49-29-15-14-28(26-11-6-7-12-27(26)29)40-35(47)42-33(22-30(37)36(2,3)4)41-32-17-19-44(43-32)20-21-48-50-5/h6-7,11-13,16-17,19,22-24,28-29,37-39H,8-10,14-15,18,20-21H2,1-5H3,(H,41,43)(H2,40,42,47)/b33-22+,37-30?,38-31?,39-34?/t24-,28-,29+/m0/s1. The molecular weight excluding hydrogens is 653 g/mol. The van der Waals surface area contributed by atoms with Crippen LogP contribution in [0.15, 0.2) is 66.8 Å². The van der Waals surface area contributed by atoms with Gasteiger partial charge in [0.25, 0.3) is 0 Å². The van der Waals surface area contributed by atoms with Crippen molar-refractivity contribution in [2.45, 2.75) is 84.5 Å². The molecule has 14 heteroatoms. The van der Waals surface area contributed by atoms with E-state index in [4.69, 9.17) is 25.1 Å². The molecule has 0 bridgehead atoms. The summed E-state index contributed by atoms with van der Waals surface area (Å²) in [6.07, 6.45) is 11.3. The maximum atomic E-state index is 13.5. The molecule has 0 radical (unpaired) electrons. The number of benzene rings is 1. The van der Waals surface area contributed by atoms with Gasteiger partial charge < -0.3 is 29.9 Å². The number of ether oxygens (including phenoxy) is 1. The SMILES string of the molecule is CSOCCn1ccc(N/C(=C\C(=N)C(C)(C)C)NC(=O)N[C@H]2CC[C@@H](Oc3ccc(=N)n(C(=N)N4CCCC[C@@H]4C)c3)c3ccccc32)n1. The Bertz CT molecular complexity index is 1760. The molecule has 50 heavy (non-hydrogen) atoms. The van der Waals surface area contributed by atoms with Crippen molar-refractivity contribution in [3.63, 3.8) is 0 Å². The highest BCUT2D eigenvalue weighted by Gasteiger charge is 2.30. The van der Waals surface area contributed by atoms with Crippen molar-refractivity contribution < 1.29 is 13.7 Å². The van der Waals surface area contributed by atoms with Crippen LogP contribution in [0.1, 0.15) is 83.1 Å². The molecule has 3 atom stereocenters. The van der Waals surface area contributed by atoms with Crippen LogP contribution in [-0.4, -0.2) is 62.4 Å². The van der Waals surface area contributed by atoms with Crippen molar-refractivity contribution in [1.29, 1.82) is 16.2 Å². The second-order valence-corrected chi connectivity index (χ2v) is 14.3. The molecule has 2 aromatic heterocycles. The van der Waals surface area contributed by atoms with Crippen LogP contribution in [0.25, 0.3) is 0 Å². The number of aromatic nitrogens is 3. The van der Waals surface area contributed by atoms with Gasteiger partial charge in [0.05, 0.1) is 25.4 Å². The van der Waals surface area contributed by atoms with Crippen LogP contribution in [0.3, 0.4) is 0 Å². The number of anilines is 1. The zero-order valence-corrected chi connectivity index (χ0v) is 30.4. The number of allylic oxidation sites excluding steroid dienone is 1. The number of fused-ring (bicyclic) bond motifs is 1. The van der Waals surface area contributed by atoms with E-state index < -0.39 is 11.4 Å². The van der Waals surface area contributed by atoms with Crippen molar-refractivity contribution in [3.8, 4) is 5.75 Å². The topological polar surface area (TPSA) is 169 Å². The van der Waals surface area contributed by atoms with Gasteiger partial charge >= 0.3 is 6.03 Å². The third-order valence-electron chi connectivity index (χ3n) is 9.01. The summed E-state index contributed by atoms with van der Waals surface area (Å²) in [6.45, 7) is 9.86. The molecule has 3 heterocycles. The number of urea groups is 1. The fourth-order valence-electron chi connectivity index (χ4n) is 6.15. The first-order chi connectivity index (χ1) is 23.9. The number of piperidine rings is 1. The maximum absolute atomic E-state index is 13.5. The Hall–Kier alpha value is -4.56. The number of nitrogens with zero attached hydrogens (tertiary/aromatic N) is 4. The Morgan fingerprint density at radius 1 is 1.08 bits per heavy atom. The second-order valence-electron chi connectivity index (χ2n) is 13.7. The third-order valence-corrected chi connectivity index (χ3v) is 9.42. The van der Waals surface area contributed by atoms with Gasteiger partial charge in [-0.15, -0.1) is 0 Å². The van der Waals surface area contributed by atoms with E-state index in [2.05, 4.69) is 32.9 Å². The fraction of sp³-hybridized carbons (Fsp3) is 0.472. The van der Waals surface area contributed by atoms with Gasteiger partial charge in [0.1, 0.15) is 23.2 Å². The minimum absolute atomic E-state index is 0.231. The van der Waals surface area contributed by atoms with E-state index >= 15 is 0 Å². The number of hydrogen-bond acceptors (Lipinski definition) is 9. The van der Waals surface area contributed by atoms with E-state index in [-0.39, 0.29) is 23.7 Å². The highest BCUT2D eigenvalue weighted by Crippen LogP contribution is 2.38. The van der Waals surface area contributed by atoms with Gasteiger partial charge in [0, 0.05) is 48.3 Å². The van der Waals surface area contributed by atoms with E-state index in [1.54, 1.807) is 39.7 Å². The number of hydrogen-bond donors (Lipinski definition) is 6. The molecule has 13 nitrogen and oxygen atoms in total. The van der Waals surface area contributed by atoms with Gasteiger partial charge in [-0.05, 0) is 74.3 Å². The van der Waals surface area contributed by atoms with E-state index in [1.165, 1.54) is 12.0 Å². The Labute approximate surface area is 298 Å². The highest BCUT2D eigenvalue weighted by molar-refractivity contribution is 7.93. The average molecular weight is 703 g/mol. The van der Waals surface area contributed by atoms with Gasteiger partial charge in [0.2, 0.25) is 5.96 Å². The van der Waals surface area contributed by atoms with E-state index in [9.17, 15) is 4.79 Å². The molecule has 268 valence electrons. The van der Waals surface area contributed by atoms with Crippen molar-refractivity contribution >= 4 is 35.6 Å². The number of likely N-dealkylation sites (tertiary alicyclic amines) is 1. The monoisotopic (exact) mass is 702 g/mol. The molecule has 5 rings (SSSR count). The predicted octanol–water partition coefficient (Wildman–Crippen LogP) is 6.39. The largest absolute Gasteiger partial charge is 0.484 e. The van der Waals surface area contributed by atoms with Gasteiger partial charge in [-0.1, -0.05) is 45.0 Å². The summed E-state index contributed by atoms with van der Waals surface area (Å²) >= 11 is 1.30. The predicted molar refractivity (Wildman–Crippen MR) is 197 cm³/mol. The molecule has 0 spiro atoms. The molecule has 1 saturated heterocycles. The summed E-state index contributed by atoms with van der Waals surface area (Å²) in [4.78, 5) is 15.6. The molecule has 3 aromatic rings. The number of amides is 2. The molecule has 1 fully saturated rings. The summed E-state index contributed by atoms with van der Waals surface area (Å²) in [7, 11) is 0. The first-order valence-electron chi connectivity index (χ1n) is 17.2. The molecule has 6 N–H and O–H groups in total. The number of pyridine rings is 1. The van der Waals surface area contributed by atoms with Crippen molar-refractivity contribution in [3.05, 3.63) is 83.4 Å². The molecule has 0 saturated carbocycles. The Balaban J connectivity index is 1.28. The first kappa shape index (κ1) is 36.7. The van der Waals surface area contributed by atoms with Crippen LogP contribution in [0, 0.1) is 21.6 Å². The number of carbonyl (C=O) groups excluding carboxylic acids is 1. The minimum Gasteiger partial charge on any atom is -0.484 e. The third kappa shape index (κ3) is 9.36. The summed E-state index contributed by atoms with van der Waals surface area (Å²) in [5.74, 6) is 1.75. The van der Waals surface area contributed by atoms with Crippen molar-refractivity contribution in [2.24, 2.45) is 5.41 Å². The highest BCUT2D eigenvalue weighted by atomic mass is 32.2. The van der Waals surface area contributed by atoms with Crippen molar-refractivity contribution in [1.82, 2.24) is 29.9 Å². The fourth-order valence-corrected chi connectivity index (χ4v) is 6.39. The molecule has 2 amide bonds. The summed E-state index contributed by atoms with van der Waals surface area (Å²) < 4.78 is 15.2. The minimum atomic E-state index is -0.427. The van der Waals surface area contributed by atoms with Gasteiger partial charge in [-0.25, -0.2) is 4.79 Å². The van der Waals surface area contributed by atoms with E-state index in [0.29, 0.717) is 55.1 Å². The second kappa shape index (κ2) is 16.4. The lowest BCUT2D eigenvalue weighted by atomic mass is 9.85. The zero-order chi connectivity index (χ0) is 35.8. The van der Waals surface area contributed by atoms with Crippen LogP contribution in [0.5, 0.6) is 5.75 Å². The van der Waals surface area contributed by atoms with E-state index in [0.717, 1.165) is 36.9 Å². The van der Waals surface area contributed by atoms with Gasteiger partial charge in [0.15, 0.2) is 5.82 Å². The summed E-state index contributed by atoms with van der Waals surface area (Å²) in [5.41, 5.74) is 2.09. The van der Waals surface area contributed by atoms with Crippen molar-refractivity contribution in [2.75, 3.05) is 24.7 Å². The first-order valence-corrected chi connectivity index (χ1v) is 18.3. The lowest BCUT2D eigenvalue weighted by molar-refractivity contribution is 0.170. The number of rotatable bonds is 11. The molecule has 0 unspecified atom stereocenters. The normalized spacial score (nSPS) is 19.3. The van der Waals surface area contributed by atoms with Crippen LogP contribution in [0.2, 0.25) is 0 Å². The lowest BCUT2D eigenvalue weighted by Gasteiger charge is -2.36. The van der Waals surface area contributed by atoms with Gasteiger partial charge in [-0.2, -0.15) is 5.10 Å². The molecule has 1 aliphatic heterocycles. The average Bonchev–Trinajstić information content (AvgIpc) is 3.53. The van der Waals surface area contributed by atoms with Gasteiger partial charge in [-0.3, -0.25) is 25.4 Å². The van der Waals surface area contributed by atoms with Crippen LogP contribution in [0.4, 0.5) is 10.6 Å². The lowest BCUT2D eigenvalue weighted by Crippen LogP contribution is -2.47. The van der Waals surface area contributed by atoms with Crippen LogP contribution in [-0.2, 0) is 10.7 Å². The molecule has 1 aliphatic carbocycles. The Kier molecular flexibility index (Phi) is 12.1. The zero-order valence-electron chi connectivity index (χ0n) is 29.6. The smallest absolute Gasteiger partial charge is 0.320 e. The maximum Gasteiger partial charge on any atom is 0.320 e. The van der Waals surface area contributed by atoms with Crippen LogP contribution < -0.4 is 26.2 Å². The number of carbonyl (C=O) groups is 1. The van der Waals surface area contributed by atoms with Crippen LogP contribution >= 0.6 is 12.0 Å². The molecule has 2 aliphatic rings. The molecule has 1 aromatic carbocycles. The summed E-state index contributed by atoms with van der Waals surface area (Å²) in [5, 5.41) is 39.7. The molecular formula is C36H50N10O3S. The number of nitrogens with one attached hydrogen (secondary N) is 6. The van der Waals surface area contributed by atoms with E-state index in [1.807, 2.05) is 57.5 Å².